The van der Waals surface area contributed by atoms with Crippen LogP contribution in [0.2, 0.25) is 5.28 Å². The van der Waals surface area contributed by atoms with Crippen LogP contribution in [0.3, 0.4) is 0 Å². The SMILES string of the molecule is CC(C)c1nc(Cl)nc2c1NC(=O)C1CCCN21. The van der Waals surface area contributed by atoms with E-state index in [0.717, 1.165) is 36.6 Å². The van der Waals surface area contributed by atoms with Gasteiger partial charge < -0.3 is 10.2 Å². The van der Waals surface area contributed by atoms with E-state index in [1.165, 1.54) is 0 Å². The van der Waals surface area contributed by atoms with E-state index in [-0.39, 0.29) is 23.2 Å². The number of carbonyl (C=O) groups excluding carboxylic acids is 1. The maximum atomic E-state index is 12.1. The lowest BCUT2D eigenvalue weighted by Gasteiger charge is -2.33. The number of rotatable bonds is 1. The minimum atomic E-state index is -0.0940. The van der Waals surface area contributed by atoms with E-state index < -0.39 is 0 Å². The zero-order valence-electron chi connectivity index (χ0n) is 10.4. The number of hydrogen-bond acceptors (Lipinski definition) is 4. The largest absolute Gasteiger partial charge is 0.343 e. The molecule has 5 nitrogen and oxygen atoms in total. The number of fused-ring (bicyclic) bond motifs is 3. The topological polar surface area (TPSA) is 58.1 Å². The first-order valence-corrected chi connectivity index (χ1v) is 6.60. The Hall–Kier alpha value is -1.36. The predicted octanol–water partition coefficient (Wildman–Crippen LogP) is 2.17. The van der Waals surface area contributed by atoms with E-state index in [9.17, 15) is 4.79 Å². The van der Waals surface area contributed by atoms with Crippen LogP contribution in [-0.4, -0.2) is 28.5 Å². The molecule has 1 aromatic rings. The standard InChI is InChI=1S/C12H15ClN4O/c1-6(2)8-9-10(16-12(13)15-8)17-5-3-4-7(17)11(18)14-9/h6-7H,3-5H2,1-2H3,(H,14,18). The molecule has 6 heteroatoms. The summed E-state index contributed by atoms with van der Waals surface area (Å²) in [5.74, 6) is 1.02. The third-order valence-corrected chi connectivity index (χ3v) is 3.68. The highest BCUT2D eigenvalue weighted by Gasteiger charge is 2.39. The minimum absolute atomic E-state index is 0.0489. The molecule has 0 radical (unpaired) electrons. The summed E-state index contributed by atoms with van der Waals surface area (Å²) in [4.78, 5) is 22.7. The number of nitrogens with one attached hydrogen (secondary N) is 1. The number of hydrogen-bond donors (Lipinski definition) is 1. The summed E-state index contributed by atoms with van der Waals surface area (Å²) in [6, 6.07) is -0.0940. The number of nitrogens with zero attached hydrogens (tertiary/aromatic N) is 3. The van der Waals surface area contributed by atoms with Crippen LogP contribution in [0, 0.1) is 0 Å². The van der Waals surface area contributed by atoms with E-state index in [4.69, 9.17) is 11.6 Å². The van der Waals surface area contributed by atoms with Crippen LogP contribution >= 0.6 is 11.6 Å². The molecule has 1 N–H and O–H groups in total. The van der Waals surface area contributed by atoms with Crippen molar-refractivity contribution in [3.05, 3.63) is 11.0 Å². The van der Waals surface area contributed by atoms with Crippen LogP contribution in [0.1, 0.15) is 38.3 Å². The molecule has 18 heavy (non-hydrogen) atoms. The Bertz CT molecular complexity index is 517. The molecule has 0 saturated carbocycles. The molecule has 96 valence electrons. The summed E-state index contributed by atoms with van der Waals surface area (Å²) in [6.07, 6.45) is 1.89. The van der Waals surface area contributed by atoms with E-state index >= 15 is 0 Å². The Kier molecular flexibility index (Phi) is 2.66. The molecule has 1 aromatic heterocycles. The lowest BCUT2D eigenvalue weighted by Crippen LogP contribution is -2.45. The highest BCUT2D eigenvalue weighted by Crippen LogP contribution is 2.39. The first-order chi connectivity index (χ1) is 8.58. The number of amides is 1. The van der Waals surface area contributed by atoms with Crippen molar-refractivity contribution in [2.24, 2.45) is 0 Å². The molecule has 2 aliphatic heterocycles. The van der Waals surface area contributed by atoms with Gasteiger partial charge in [0.1, 0.15) is 11.7 Å². The van der Waals surface area contributed by atoms with Crippen molar-refractivity contribution >= 4 is 29.0 Å². The minimum Gasteiger partial charge on any atom is -0.343 e. The molecular formula is C12H15ClN4O. The first kappa shape index (κ1) is 11.7. The molecular weight excluding hydrogens is 252 g/mol. The summed E-state index contributed by atoms with van der Waals surface area (Å²) in [6.45, 7) is 4.91. The van der Waals surface area contributed by atoms with Crippen LogP contribution in [0.25, 0.3) is 0 Å². The molecule has 0 bridgehead atoms. The van der Waals surface area contributed by atoms with Crippen molar-refractivity contribution in [2.45, 2.75) is 38.6 Å². The van der Waals surface area contributed by atoms with Gasteiger partial charge in [0, 0.05) is 6.54 Å². The molecule has 3 rings (SSSR count). The molecule has 0 spiro atoms. The van der Waals surface area contributed by atoms with E-state index in [2.05, 4.69) is 15.3 Å². The quantitative estimate of drug-likeness (QED) is 0.792. The molecule has 0 aromatic carbocycles. The lowest BCUT2D eigenvalue weighted by atomic mass is 10.1. The number of halogens is 1. The zero-order valence-corrected chi connectivity index (χ0v) is 11.2. The second-order valence-corrected chi connectivity index (χ2v) is 5.41. The van der Waals surface area contributed by atoms with E-state index in [1.807, 2.05) is 18.7 Å². The van der Waals surface area contributed by atoms with Crippen molar-refractivity contribution in [3.8, 4) is 0 Å². The Morgan fingerprint density at radius 1 is 1.44 bits per heavy atom. The summed E-state index contributed by atoms with van der Waals surface area (Å²) < 4.78 is 0. The van der Waals surface area contributed by atoms with Gasteiger partial charge in [0.15, 0.2) is 5.82 Å². The Labute approximate surface area is 111 Å². The van der Waals surface area contributed by atoms with Crippen molar-refractivity contribution in [1.29, 1.82) is 0 Å². The molecule has 1 fully saturated rings. The molecule has 1 unspecified atom stereocenters. The fraction of sp³-hybridized carbons (Fsp3) is 0.583. The van der Waals surface area contributed by atoms with Crippen LogP contribution in [0.4, 0.5) is 11.5 Å². The maximum absolute atomic E-state index is 12.1. The van der Waals surface area contributed by atoms with Crippen LogP contribution in [0.5, 0.6) is 0 Å². The normalized spacial score (nSPS) is 21.9. The van der Waals surface area contributed by atoms with Gasteiger partial charge in [-0.3, -0.25) is 4.79 Å². The third kappa shape index (κ3) is 1.65. The first-order valence-electron chi connectivity index (χ1n) is 6.23. The van der Waals surface area contributed by atoms with Crippen molar-refractivity contribution < 1.29 is 4.79 Å². The van der Waals surface area contributed by atoms with Crippen molar-refractivity contribution in [1.82, 2.24) is 9.97 Å². The Balaban J connectivity index is 2.17. The zero-order chi connectivity index (χ0) is 12.9. The molecule has 2 aliphatic rings. The van der Waals surface area contributed by atoms with Gasteiger partial charge in [-0.05, 0) is 30.4 Å². The molecule has 3 heterocycles. The van der Waals surface area contributed by atoms with E-state index in [1.54, 1.807) is 0 Å². The van der Waals surface area contributed by atoms with Gasteiger partial charge in [0.25, 0.3) is 0 Å². The van der Waals surface area contributed by atoms with Crippen LogP contribution in [-0.2, 0) is 4.79 Å². The summed E-state index contributed by atoms with van der Waals surface area (Å²) >= 11 is 5.99. The second kappa shape index (κ2) is 4.09. The van der Waals surface area contributed by atoms with Crippen molar-refractivity contribution in [3.63, 3.8) is 0 Å². The highest BCUT2D eigenvalue weighted by atomic mass is 35.5. The highest BCUT2D eigenvalue weighted by molar-refractivity contribution is 6.28. The summed E-state index contributed by atoms with van der Waals surface area (Å²) in [5.41, 5.74) is 1.54. The predicted molar refractivity (Wildman–Crippen MR) is 70.1 cm³/mol. The smallest absolute Gasteiger partial charge is 0.247 e. The Morgan fingerprint density at radius 3 is 2.94 bits per heavy atom. The fourth-order valence-electron chi connectivity index (χ4n) is 2.68. The number of carbonyl (C=O) groups is 1. The Morgan fingerprint density at radius 2 is 2.22 bits per heavy atom. The van der Waals surface area contributed by atoms with Gasteiger partial charge in [-0.1, -0.05) is 13.8 Å². The van der Waals surface area contributed by atoms with Gasteiger partial charge in [0.2, 0.25) is 11.2 Å². The monoisotopic (exact) mass is 266 g/mol. The van der Waals surface area contributed by atoms with Gasteiger partial charge in [0.05, 0.1) is 5.69 Å². The lowest BCUT2D eigenvalue weighted by molar-refractivity contribution is -0.117. The van der Waals surface area contributed by atoms with Crippen molar-refractivity contribution in [2.75, 3.05) is 16.8 Å². The van der Waals surface area contributed by atoms with Crippen LogP contribution < -0.4 is 10.2 Å². The number of anilines is 2. The van der Waals surface area contributed by atoms with Gasteiger partial charge in [-0.25, -0.2) is 4.98 Å². The van der Waals surface area contributed by atoms with Gasteiger partial charge >= 0.3 is 0 Å². The van der Waals surface area contributed by atoms with Gasteiger partial charge in [-0.2, -0.15) is 4.98 Å². The molecule has 1 amide bonds. The van der Waals surface area contributed by atoms with Gasteiger partial charge in [-0.15, -0.1) is 0 Å². The fourth-order valence-corrected chi connectivity index (χ4v) is 2.85. The molecule has 1 saturated heterocycles. The average molecular weight is 267 g/mol. The maximum Gasteiger partial charge on any atom is 0.247 e. The number of aromatic nitrogens is 2. The summed E-state index contributed by atoms with van der Waals surface area (Å²) in [7, 11) is 0. The third-order valence-electron chi connectivity index (χ3n) is 3.51. The molecule has 0 aliphatic carbocycles. The second-order valence-electron chi connectivity index (χ2n) is 5.07. The average Bonchev–Trinajstić information content (AvgIpc) is 2.79. The summed E-state index contributed by atoms with van der Waals surface area (Å²) in [5, 5.41) is 3.19. The van der Waals surface area contributed by atoms with E-state index in [0.29, 0.717) is 0 Å². The molecule has 1 atom stereocenters. The van der Waals surface area contributed by atoms with Crippen LogP contribution in [0.15, 0.2) is 0 Å².